The molecule has 1 spiro atoms. The predicted molar refractivity (Wildman–Crippen MR) is 128 cm³/mol. The Bertz CT molecular complexity index is 1190. The summed E-state index contributed by atoms with van der Waals surface area (Å²) in [5, 5.41) is 0. The maximum Gasteiger partial charge on any atom is 0.280 e. The molecule has 2 aliphatic heterocycles. The molecule has 4 N–H and O–H groups in total. The number of aromatic nitrogens is 1. The molecule has 3 heterocycles. The highest BCUT2D eigenvalue weighted by Gasteiger charge is 2.47. The molecule has 6 nitrogen and oxygen atoms in total. The van der Waals surface area contributed by atoms with E-state index in [0.29, 0.717) is 10.7 Å². The summed E-state index contributed by atoms with van der Waals surface area (Å²) >= 11 is 1.06. The van der Waals surface area contributed by atoms with E-state index >= 15 is 0 Å². The number of Topliss-reactive ketones (excluding diaryl/α,β-unsaturated/α-hetero) is 1. The molecule has 2 atom stereocenters. The number of amidine groups is 1. The molecule has 9 heteroatoms. The molecule has 1 aromatic carbocycles. The zero-order chi connectivity index (χ0) is 24.0. The first-order valence-electron chi connectivity index (χ1n) is 11.4. The highest BCUT2D eigenvalue weighted by molar-refractivity contribution is 8.04. The third-order valence-corrected chi connectivity index (χ3v) is 8.45. The van der Waals surface area contributed by atoms with Crippen molar-refractivity contribution in [1.82, 2.24) is 9.88 Å². The molecular formula is C25H27F2N5OS. The number of thioether (sulfide) groups is 1. The van der Waals surface area contributed by atoms with Gasteiger partial charge in [-0.25, -0.2) is 13.8 Å². The van der Waals surface area contributed by atoms with Crippen molar-refractivity contribution >= 4 is 23.4 Å². The summed E-state index contributed by atoms with van der Waals surface area (Å²) in [6.45, 7) is 3.35. The molecule has 3 aliphatic rings. The van der Waals surface area contributed by atoms with E-state index in [4.69, 9.17) is 11.5 Å². The van der Waals surface area contributed by atoms with Crippen LogP contribution in [0.3, 0.4) is 0 Å². The van der Waals surface area contributed by atoms with Crippen LogP contribution >= 0.6 is 11.8 Å². The lowest BCUT2D eigenvalue weighted by Crippen LogP contribution is -2.49. The van der Waals surface area contributed by atoms with E-state index in [-0.39, 0.29) is 33.7 Å². The van der Waals surface area contributed by atoms with Gasteiger partial charge in [0.05, 0.1) is 10.8 Å². The minimum Gasteiger partial charge on any atom is -0.383 e. The van der Waals surface area contributed by atoms with E-state index in [1.807, 2.05) is 13.0 Å². The number of likely N-dealkylation sites (tertiary alicyclic amines) is 1. The quantitative estimate of drug-likeness (QED) is 0.679. The number of alkyl halides is 2. The van der Waals surface area contributed by atoms with E-state index in [1.165, 1.54) is 23.4 Å². The van der Waals surface area contributed by atoms with Gasteiger partial charge in [-0.2, -0.15) is 0 Å². The van der Waals surface area contributed by atoms with Crippen molar-refractivity contribution in [3.05, 3.63) is 70.1 Å². The van der Waals surface area contributed by atoms with Gasteiger partial charge in [0.1, 0.15) is 17.4 Å². The van der Waals surface area contributed by atoms with Crippen LogP contribution in [0, 0.1) is 11.3 Å². The molecule has 178 valence electrons. The van der Waals surface area contributed by atoms with E-state index in [9.17, 15) is 13.6 Å². The van der Waals surface area contributed by atoms with Crippen molar-refractivity contribution < 1.29 is 13.6 Å². The Morgan fingerprint density at radius 1 is 1.21 bits per heavy atom. The molecule has 5 rings (SSSR count). The number of pyridine rings is 1. The Balaban J connectivity index is 1.33. The molecule has 1 unspecified atom stereocenters. The minimum absolute atomic E-state index is 0.0182. The van der Waals surface area contributed by atoms with Crippen LogP contribution in [0.5, 0.6) is 0 Å². The topological polar surface area (TPSA) is 97.6 Å². The molecule has 1 aliphatic carbocycles. The fourth-order valence-electron chi connectivity index (χ4n) is 5.37. The number of fused-ring (bicyclic) bond motifs is 1. The zero-order valence-corrected chi connectivity index (χ0v) is 19.7. The Hall–Kier alpha value is -2.78. The monoisotopic (exact) mass is 483 g/mol. The zero-order valence-electron chi connectivity index (χ0n) is 18.9. The normalized spacial score (nSPS) is 24.1. The van der Waals surface area contributed by atoms with Crippen LogP contribution in [-0.4, -0.2) is 34.6 Å². The maximum atomic E-state index is 13.2. The van der Waals surface area contributed by atoms with Crippen molar-refractivity contribution in [3.8, 4) is 0 Å². The molecule has 0 bridgehead atoms. The highest BCUT2D eigenvalue weighted by atomic mass is 32.2. The number of rotatable bonds is 3. The van der Waals surface area contributed by atoms with Crippen LogP contribution in [0.1, 0.15) is 49.1 Å². The fraction of sp³-hybridized carbons (Fsp3) is 0.400. The Labute approximate surface area is 201 Å². The standard InChI is InChI=1S/C25H27F2N5OS/c1-14-19(33)20(34-16-6-9-30-18(12-16)22(26)27)23(29)31-24(14)32-10-7-25(8-11-32)13-15-4-2-3-5-17(15)21(25)28/h2-6,9,12,14,21-22H,7-8,10-11,13,28-29H2,1H3/t14-,21?/m1/s1. The van der Waals surface area contributed by atoms with Crippen molar-refractivity contribution in [2.75, 3.05) is 13.1 Å². The van der Waals surface area contributed by atoms with Gasteiger partial charge in [0.25, 0.3) is 6.43 Å². The van der Waals surface area contributed by atoms with E-state index < -0.39 is 12.3 Å². The van der Waals surface area contributed by atoms with Gasteiger partial charge in [-0.1, -0.05) is 36.0 Å². The molecule has 0 amide bonds. The van der Waals surface area contributed by atoms with Gasteiger partial charge in [0, 0.05) is 30.2 Å². The smallest absolute Gasteiger partial charge is 0.280 e. The molecule has 1 saturated heterocycles. The number of ketones is 1. The van der Waals surface area contributed by atoms with Crippen LogP contribution in [0.4, 0.5) is 8.78 Å². The van der Waals surface area contributed by atoms with Gasteiger partial charge in [0.15, 0.2) is 5.78 Å². The van der Waals surface area contributed by atoms with Crippen LogP contribution in [0.15, 0.2) is 63.2 Å². The number of nitrogens with zero attached hydrogens (tertiary/aromatic N) is 3. The van der Waals surface area contributed by atoms with Gasteiger partial charge in [0.2, 0.25) is 0 Å². The first kappa shape index (κ1) is 23.0. The number of carbonyl (C=O) groups excluding carboxylic acids is 1. The second-order valence-electron chi connectivity index (χ2n) is 9.29. The summed E-state index contributed by atoms with van der Waals surface area (Å²) in [6, 6.07) is 11.3. The average Bonchev–Trinajstić information content (AvgIpc) is 3.11. The maximum absolute atomic E-state index is 13.2. The van der Waals surface area contributed by atoms with E-state index in [2.05, 4.69) is 33.1 Å². The van der Waals surface area contributed by atoms with Gasteiger partial charge in [-0.05, 0) is 54.9 Å². The van der Waals surface area contributed by atoms with E-state index in [1.54, 1.807) is 6.07 Å². The van der Waals surface area contributed by atoms with Crippen molar-refractivity contribution in [2.45, 2.75) is 43.5 Å². The number of carbonyl (C=O) groups is 1. The first-order valence-corrected chi connectivity index (χ1v) is 12.2. The lowest BCUT2D eigenvalue weighted by molar-refractivity contribution is -0.116. The highest BCUT2D eigenvalue weighted by Crippen LogP contribution is 2.51. The second kappa shape index (κ2) is 8.78. The number of aliphatic imine (C=N–C) groups is 1. The molecule has 1 fully saturated rings. The molecule has 1 aromatic heterocycles. The van der Waals surface area contributed by atoms with Crippen molar-refractivity contribution in [1.29, 1.82) is 0 Å². The number of hydrogen-bond donors (Lipinski definition) is 2. The minimum atomic E-state index is -2.68. The molecule has 0 saturated carbocycles. The average molecular weight is 484 g/mol. The van der Waals surface area contributed by atoms with Crippen LogP contribution in [-0.2, 0) is 11.2 Å². The summed E-state index contributed by atoms with van der Waals surface area (Å²) in [6.07, 6.45) is 1.44. The number of hydrogen-bond acceptors (Lipinski definition) is 7. The summed E-state index contributed by atoms with van der Waals surface area (Å²) in [7, 11) is 0. The predicted octanol–water partition coefficient (Wildman–Crippen LogP) is 4.19. The lowest BCUT2D eigenvalue weighted by atomic mass is 9.73. The summed E-state index contributed by atoms with van der Waals surface area (Å²) in [5.41, 5.74) is 15.2. The summed E-state index contributed by atoms with van der Waals surface area (Å²) < 4.78 is 26.0. The SMILES string of the molecule is C[C@@H]1C(=O)C(Sc2ccnc(C(F)F)c2)=C(N)N=C1N1CCC2(CC1)Cc1ccccc1C2N. The third kappa shape index (κ3) is 3.90. The number of nitrogens with two attached hydrogens (primary N) is 2. The molecular weight excluding hydrogens is 456 g/mol. The molecule has 34 heavy (non-hydrogen) atoms. The van der Waals surface area contributed by atoms with Crippen molar-refractivity contribution in [3.63, 3.8) is 0 Å². The van der Waals surface area contributed by atoms with Crippen LogP contribution in [0.2, 0.25) is 0 Å². The van der Waals surface area contributed by atoms with Gasteiger partial charge >= 0.3 is 0 Å². The molecule has 0 radical (unpaired) electrons. The van der Waals surface area contributed by atoms with Crippen LogP contribution in [0.25, 0.3) is 0 Å². The van der Waals surface area contributed by atoms with Crippen LogP contribution < -0.4 is 11.5 Å². The number of halogens is 2. The van der Waals surface area contributed by atoms with Crippen molar-refractivity contribution in [2.24, 2.45) is 27.8 Å². The van der Waals surface area contributed by atoms with Gasteiger partial charge < -0.3 is 16.4 Å². The largest absolute Gasteiger partial charge is 0.383 e. The lowest BCUT2D eigenvalue weighted by Gasteiger charge is -2.44. The number of benzene rings is 1. The second-order valence-corrected chi connectivity index (χ2v) is 10.4. The Kier molecular flexibility index (Phi) is 5.93. The summed E-state index contributed by atoms with van der Waals surface area (Å²) in [5.74, 6) is 0.195. The first-order chi connectivity index (χ1) is 16.3. The fourth-order valence-corrected chi connectivity index (χ4v) is 6.35. The Morgan fingerprint density at radius 3 is 2.65 bits per heavy atom. The number of piperidine rings is 1. The van der Waals surface area contributed by atoms with Gasteiger partial charge in [-0.15, -0.1) is 0 Å². The summed E-state index contributed by atoms with van der Waals surface area (Å²) in [4.78, 5) is 24.4. The Morgan fingerprint density at radius 2 is 1.94 bits per heavy atom. The third-order valence-electron chi connectivity index (χ3n) is 7.34. The number of allylic oxidation sites excluding steroid dienone is 1. The van der Waals surface area contributed by atoms with Gasteiger partial charge in [-0.3, -0.25) is 9.78 Å². The van der Waals surface area contributed by atoms with E-state index in [0.717, 1.165) is 44.1 Å². The molecule has 2 aromatic rings.